The summed E-state index contributed by atoms with van der Waals surface area (Å²) in [6.45, 7) is 1.18. The molecule has 2 heterocycles. The lowest BCUT2D eigenvalue weighted by Gasteiger charge is -2.46. The Balaban J connectivity index is 1.59. The first-order valence-corrected chi connectivity index (χ1v) is 10.4. The van der Waals surface area contributed by atoms with Crippen molar-refractivity contribution in [1.82, 2.24) is 9.80 Å². The maximum atomic E-state index is 13.8. The summed E-state index contributed by atoms with van der Waals surface area (Å²) in [4.78, 5) is 30.8. The molecule has 5 rings (SSSR count). The second-order valence-corrected chi connectivity index (χ2v) is 8.14. The first-order chi connectivity index (χ1) is 14.6. The van der Waals surface area contributed by atoms with Crippen LogP contribution in [0.3, 0.4) is 0 Å². The molecule has 0 radical (unpaired) electrons. The standard InChI is InChI=1S/C26H24N2O2/c1-27(17-18-9-3-2-4-10-18)26(30)23-21-13-7-8-14-22(21)25(29)28-16-15-19-11-5-6-12-20(19)24(23)28/h2-14,23-24H,15-17H2,1H3. The number of hydrogen-bond donors (Lipinski definition) is 0. The lowest BCUT2D eigenvalue weighted by Crippen LogP contribution is -2.50. The molecule has 30 heavy (non-hydrogen) atoms. The summed E-state index contributed by atoms with van der Waals surface area (Å²) < 4.78 is 0. The van der Waals surface area contributed by atoms with Crippen molar-refractivity contribution in [3.8, 4) is 0 Å². The van der Waals surface area contributed by atoms with Crippen molar-refractivity contribution in [2.24, 2.45) is 0 Å². The zero-order valence-electron chi connectivity index (χ0n) is 17.0. The van der Waals surface area contributed by atoms with Gasteiger partial charge in [0, 0.05) is 25.7 Å². The largest absolute Gasteiger partial charge is 0.341 e. The zero-order valence-corrected chi connectivity index (χ0v) is 17.0. The predicted molar refractivity (Wildman–Crippen MR) is 116 cm³/mol. The van der Waals surface area contributed by atoms with Gasteiger partial charge >= 0.3 is 0 Å². The summed E-state index contributed by atoms with van der Waals surface area (Å²) in [5, 5.41) is 0. The molecular weight excluding hydrogens is 372 g/mol. The van der Waals surface area contributed by atoms with Gasteiger partial charge in [-0.3, -0.25) is 9.59 Å². The highest BCUT2D eigenvalue weighted by Gasteiger charge is 2.46. The Morgan fingerprint density at radius 3 is 2.40 bits per heavy atom. The molecule has 0 aliphatic carbocycles. The third kappa shape index (κ3) is 3.00. The maximum Gasteiger partial charge on any atom is 0.254 e. The molecule has 2 aliphatic rings. The highest BCUT2D eigenvalue weighted by Crippen LogP contribution is 2.46. The van der Waals surface area contributed by atoms with E-state index in [4.69, 9.17) is 0 Å². The van der Waals surface area contributed by atoms with Crippen molar-refractivity contribution in [3.05, 3.63) is 107 Å². The Morgan fingerprint density at radius 2 is 1.60 bits per heavy atom. The summed E-state index contributed by atoms with van der Waals surface area (Å²) in [6.07, 6.45) is 0.821. The van der Waals surface area contributed by atoms with E-state index in [1.165, 1.54) is 5.56 Å². The number of nitrogens with zero attached hydrogens (tertiary/aromatic N) is 2. The van der Waals surface area contributed by atoms with Crippen LogP contribution in [0, 0.1) is 0 Å². The quantitative estimate of drug-likeness (QED) is 0.666. The van der Waals surface area contributed by atoms with E-state index in [-0.39, 0.29) is 17.9 Å². The number of likely N-dealkylation sites (N-methyl/N-ethyl adjacent to an activating group) is 1. The molecule has 0 N–H and O–H groups in total. The smallest absolute Gasteiger partial charge is 0.254 e. The van der Waals surface area contributed by atoms with Crippen LogP contribution < -0.4 is 0 Å². The van der Waals surface area contributed by atoms with Crippen LogP contribution >= 0.6 is 0 Å². The fourth-order valence-electron chi connectivity index (χ4n) is 4.91. The number of rotatable bonds is 3. The fourth-order valence-corrected chi connectivity index (χ4v) is 4.91. The molecule has 4 nitrogen and oxygen atoms in total. The minimum Gasteiger partial charge on any atom is -0.341 e. The molecule has 150 valence electrons. The van der Waals surface area contributed by atoms with E-state index in [9.17, 15) is 9.59 Å². The van der Waals surface area contributed by atoms with Gasteiger partial charge in [0.05, 0.1) is 12.0 Å². The minimum absolute atomic E-state index is 0.0277. The molecule has 0 fully saturated rings. The zero-order chi connectivity index (χ0) is 20.7. The van der Waals surface area contributed by atoms with Gasteiger partial charge in [0.1, 0.15) is 0 Å². The fraction of sp³-hybridized carbons (Fsp3) is 0.231. The van der Waals surface area contributed by atoms with Crippen molar-refractivity contribution in [2.45, 2.75) is 24.9 Å². The third-order valence-corrected chi connectivity index (χ3v) is 6.34. The van der Waals surface area contributed by atoms with Crippen molar-refractivity contribution >= 4 is 11.8 Å². The van der Waals surface area contributed by atoms with Gasteiger partial charge in [-0.2, -0.15) is 0 Å². The minimum atomic E-state index is -0.408. The van der Waals surface area contributed by atoms with Gasteiger partial charge < -0.3 is 9.80 Å². The van der Waals surface area contributed by atoms with Crippen LogP contribution in [0.15, 0.2) is 78.9 Å². The van der Waals surface area contributed by atoms with E-state index in [1.54, 1.807) is 4.90 Å². The molecule has 0 spiro atoms. The molecule has 0 bridgehead atoms. The van der Waals surface area contributed by atoms with E-state index < -0.39 is 5.92 Å². The summed E-state index contributed by atoms with van der Waals surface area (Å²) >= 11 is 0. The molecule has 0 saturated heterocycles. The van der Waals surface area contributed by atoms with Crippen molar-refractivity contribution in [1.29, 1.82) is 0 Å². The Morgan fingerprint density at radius 1 is 0.933 bits per heavy atom. The van der Waals surface area contributed by atoms with Gasteiger partial charge in [0.2, 0.25) is 5.91 Å². The Hall–Kier alpha value is -3.40. The number of benzene rings is 3. The second-order valence-electron chi connectivity index (χ2n) is 8.14. The van der Waals surface area contributed by atoms with E-state index in [0.29, 0.717) is 18.7 Å². The van der Waals surface area contributed by atoms with E-state index in [1.807, 2.05) is 78.7 Å². The van der Waals surface area contributed by atoms with E-state index in [2.05, 4.69) is 12.1 Å². The summed E-state index contributed by atoms with van der Waals surface area (Å²) in [6, 6.07) is 25.6. The summed E-state index contributed by atoms with van der Waals surface area (Å²) in [7, 11) is 1.85. The molecular formula is C26H24N2O2. The van der Waals surface area contributed by atoms with Gasteiger partial charge in [0.15, 0.2) is 0 Å². The van der Waals surface area contributed by atoms with E-state index >= 15 is 0 Å². The van der Waals surface area contributed by atoms with Crippen molar-refractivity contribution in [3.63, 3.8) is 0 Å². The van der Waals surface area contributed by atoms with Crippen LogP contribution in [0.4, 0.5) is 0 Å². The first-order valence-electron chi connectivity index (χ1n) is 10.4. The number of hydrogen-bond acceptors (Lipinski definition) is 2. The van der Waals surface area contributed by atoms with Crippen molar-refractivity contribution in [2.75, 3.05) is 13.6 Å². The van der Waals surface area contributed by atoms with Crippen LogP contribution in [-0.4, -0.2) is 35.2 Å². The maximum absolute atomic E-state index is 13.8. The highest BCUT2D eigenvalue weighted by molar-refractivity contribution is 6.01. The van der Waals surface area contributed by atoms with Gasteiger partial charge in [-0.15, -0.1) is 0 Å². The number of amides is 2. The molecule has 2 atom stereocenters. The number of carbonyl (C=O) groups excluding carboxylic acids is 2. The predicted octanol–water partition coefficient (Wildman–Crippen LogP) is 4.18. The molecule has 3 aromatic rings. The molecule has 2 aliphatic heterocycles. The van der Waals surface area contributed by atoms with Crippen LogP contribution in [0.25, 0.3) is 0 Å². The number of carbonyl (C=O) groups is 2. The second kappa shape index (κ2) is 7.45. The topological polar surface area (TPSA) is 40.6 Å². The molecule has 3 aromatic carbocycles. The third-order valence-electron chi connectivity index (χ3n) is 6.34. The molecule has 0 aromatic heterocycles. The summed E-state index contributed by atoms with van der Waals surface area (Å²) in [5.41, 5.74) is 4.91. The Labute approximate surface area is 176 Å². The van der Waals surface area contributed by atoms with Gasteiger partial charge in [-0.1, -0.05) is 72.8 Å². The monoisotopic (exact) mass is 396 g/mol. The normalized spacial score (nSPS) is 19.5. The Bertz CT molecular complexity index is 1110. The average molecular weight is 396 g/mol. The molecule has 0 saturated carbocycles. The number of fused-ring (bicyclic) bond motifs is 4. The highest BCUT2D eigenvalue weighted by atomic mass is 16.2. The van der Waals surface area contributed by atoms with Crippen LogP contribution in [0.5, 0.6) is 0 Å². The Kier molecular flexibility index (Phi) is 4.62. The van der Waals surface area contributed by atoms with Crippen LogP contribution in [-0.2, 0) is 17.8 Å². The lowest BCUT2D eigenvalue weighted by molar-refractivity contribution is -0.134. The SMILES string of the molecule is CN(Cc1ccccc1)C(=O)C1c2ccccc2C(=O)N2CCc3ccccc3C12. The van der Waals surface area contributed by atoms with Gasteiger partial charge in [-0.25, -0.2) is 0 Å². The first kappa shape index (κ1) is 18.6. The summed E-state index contributed by atoms with van der Waals surface area (Å²) in [5.74, 6) is -0.334. The van der Waals surface area contributed by atoms with E-state index in [0.717, 1.165) is 23.1 Å². The lowest BCUT2D eigenvalue weighted by atomic mass is 9.75. The molecule has 2 amide bonds. The van der Waals surface area contributed by atoms with Gasteiger partial charge in [-0.05, 0) is 34.7 Å². The molecule has 2 unspecified atom stereocenters. The van der Waals surface area contributed by atoms with Gasteiger partial charge in [0.25, 0.3) is 5.91 Å². The van der Waals surface area contributed by atoms with Crippen LogP contribution in [0.2, 0.25) is 0 Å². The van der Waals surface area contributed by atoms with Crippen LogP contribution in [0.1, 0.15) is 44.6 Å². The average Bonchev–Trinajstić information content (AvgIpc) is 2.79. The molecule has 4 heteroatoms. The van der Waals surface area contributed by atoms with Crippen molar-refractivity contribution < 1.29 is 9.59 Å².